The van der Waals surface area contributed by atoms with E-state index in [4.69, 9.17) is 5.84 Å². The van der Waals surface area contributed by atoms with Crippen molar-refractivity contribution in [3.8, 4) is 0 Å². The smallest absolute Gasteiger partial charge is 0.0985 e. The van der Waals surface area contributed by atoms with Gasteiger partial charge in [0.15, 0.2) is 0 Å². The molecule has 12 heavy (non-hydrogen) atoms. The summed E-state index contributed by atoms with van der Waals surface area (Å²) in [5, 5.41) is 4.56. The predicted octanol–water partition coefficient (Wildman–Crippen LogP) is 1.73. The molecule has 0 aliphatic rings. The van der Waals surface area contributed by atoms with E-state index in [-0.39, 0.29) is 5.41 Å². The van der Waals surface area contributed by atoms with Gasteiger partial charge in [0.05, 0.1) is 16.1 Å². The lowest BCUT2D eigenvalue weighted by molar-refractivity contribution is 0.585. The Balaban J connectivity index is 2.92. The van der Waals surface area contributed by atoms with Crippen molar-refractivity contribution in [1.29, 1.82) is 0 Å². The van der Waals surface area contributed by atoms with Gasteiger partial charge in [0.1, 0.15) is 0 Å². The van der Waals surface area contributed by atoms with Crippen LogP contribution in [0.25, 0.3) is 0 Å². The Morgan fingerprint density at radius 3 is 2.67 bits per heavy atom. The summed E-state index contributed by atoms with van der Waals surface area (Å²) in [6.45, 7) is 6.40. The molecular weight excluding hydrogens is 170 g/mol. The van der Waals surface area contributed by atoms with Gasteiger partial charge in [-0.15, -0.1) is 11.3 Å². The molecule has 0 unspecified atom stereocenters. The van der Waals surface area contributed by atoms with Gasteiger partial charge < -0.3 is 5.84 Å². The summed E-state index contributed by atoms with van der Waals surface area (Å²) in [7, 11) is 0. The van der Waals surface area contributed by atoms with E-state index in [1.165, 1.54) is 0 Å². The molecule has 2 N–H and O–H groups in total. The molecule has 3 nitrogen and oxygen atoms in total. The van der Waals surface area contributed by atoms with E-state index in [0.717, 1.165) is 9.88 Å². The van der Waals surface area contributed by atoms with E-state index in [1.54, 1.807) is 23.7 Å². The molecule has 0 spiro atoms. The lowest BCUT2D eigenvalue weighted by Crippen LogP contribution is -2.09. The van der Waals surface area contributed by atoms with E-state index >= 15 is 0 Å². The zero-order chi connectivity index (χ0) is 9.19. The van der Waals surface area contributed by atoms with Crippen LogP contribution in [0.15, 0.2) is 11.3 Å². The highest BCUT2D eigenvalue weighted by Crippen LogP contribution is 2.25. The third-order valence-corrected chi connectivity index (χ3v) is 2.72. The van der Waals surface area contributed by atoms with Gasteiger partial charge in [0.25, 0.3) is 0 Å². The summed E-state index contributed by atoms with van der Waals surface area (Å²) in [5.41, 5.74) is 0.116. The Morgan fingerprint density at radius 1 is 1.58 bits per heavy atom. The Bertz CT molecular complexity index is 283. The van der Waals surface area contributed by atoms with Crippen LogP contribution in [0.2, 0.25) is 0 Å². The van der Waals surface area contributed by atoms with Crippen molar-refractivity contribution in [2.45, 2.75) is 26.2 Å². The van der Waals surface area contributed by atoms with Crippen LogP contribution in [0.5, 0.6) is 0 Å². The molecule has 0 radical (unpaired) electrons. The first-order valence-corrected chi connectivity index (χ1v) is 4.55. The summed E-state index contributed by atoms with van der Waals surface area (Å²) < 4.78 is 0. The van der Waals surface area contributed by atoms with Crippen LogP contribution in [0.1, 0.15) is 30.7 Å². The molecule has 1 aromatic heterocycles. The minimum absolute atomic E-state index is 0.116. The van der Waals surface area contributed by atoms with E-state index in [0.29, 0.717) is 0 Å². The molecule has 0 aromatic carbocycles. The zero-order valence-electron chi connectivity index (χ0n) is 7.53. The quantitative estimate of drug-likeness (QED) is 0.409. The molecule has 0 saturated carbocycles. The summed E-state index contributed by atoms with van der Waals surface area (Å²) in [6.07, 6.45) is 3.41. The molecular formula is C8H13N3S. The van der Waals surface area contributed by atoms with Crippen molar-refractivity contribution in [2.75, 3.05) is 0 Å². The standard InChI is InChI=1S/C8H13N3S/c1-8(2,3)7-10-4-6(12-7)5-11-9/h4-5H,9H2,1-3H3/b11-5+. The lowest BCUT2D eigenvalue weighted by atomic mass is 9.98. The lowest BCUT2D eigenvalue weighted by Gasteiger charge is -2.13. The second-order valence-corrected chi connectivity index (χ2v) is 4.66. The molecule has 0 amide bonds. The number of nitrogens with zero attached hydrogens (tertiary/aromatic N) is 2. The number of hydrogen-bond acceptors (Lipinski definition) is 4. The van der Waals surface area contributed by atoms with Gasteiger partial charge in [-0.1, -0.05) is 20.8 Å². The topological polar surface area (TPSA) is 51.3 Å². The number of hydrazone groups is 1. The minimum atomic E-state index is 0.116. The van der Waals surface area contributed by atoms with E-state index in [2.05, 4.69) is 30.9 Å². The fourth-order valence-corrected chi connectivity index (χ4v) is 1.62. The summed E-state index contributed by atoms with van der Waals surface area (Å²) >= 11 is 1.62. The maximum atomic E-state index is 5.03. The van der Waals surface area contributed by atoms with Crippen LogP contribution in [0.3, 0.4) is 0 Å². The molecule has 1 aromatic rings. The van der Waals surface area contributed by atoms with Gasteiger partial charge in [-0.3, -0.25) is 0 Å². The molecule has 0 aliphatic heterocycles. The third kappa shape index (κ3) is 2.04. The fraction of sp³-hybridized carbons (Fsp3) is 0.500. The second-order valence-electron chi connectivity index (χ2n) is 3.60. The third-order valence-electron chi connectivity index (χ3n) is 1.37. The highest BCUT2D eigenvalue weighted by molar-refractivity contribution is 7.13. The second kappa shape index (κ2) is 3.23. The summed E-state index contributed by atoms with van der Waals surface area (Å²) in [5.74, 6) is 5.03. The van der Waals surface area contributed by atoms with Crippen molar-refractivity contribution < 1.29 is 0 Å². The number of aromatic nitrogens is 1. The highest BCUT2D eigenvalue weighted by atomic mass is 32.1. The van der Waals surface area contributed by atoms with Crippen LogP contribution < -0.4 is 5.84 Å². The maximum Gasteiger partial charge on any atom is 0.0985 e. The van der Waals surface area contributed by atoms with Gasteiger partial charge >= 0.3 is 0 Å². The molecule has 4 heteroatoms. The molecule has 0 atom stereocenters. The van der Waals surface area contributed by atoms with Gasteiger partial charge in [-0.05, 0) is 0 Å². The zero-order valence-corrected chi connectivity index (χ0v) is 8.35. The van der Waals surface area contributed by atoms with Gasteiger partial charge in [-0.2, -0.15) is 5.10 Å². The Morgan fingerprint density at radius 2 is 2.25 bits per heavy atom. The molecule has 0 saturated heterocycles. The SMILES string of the molecule is CC(C)(C)c1ncc(/C=N/N)s1. The molecule has 1 heterocycles. The van der Waals surface area contributed by atoms with E-state index in [1.807, 2.05) is 0 Å². The van der Waals surface area contributed by atoms with Crippen molar-refractivity contribution in [1.82, 2.24) is 4.98 Å². The van der Waals surface area contributed by atoms with Crippen LogP contribution in [-0.2, 0) is 5.41 Å². The first kappa shape index (κ1) is 9.19. The molecule has 0 aliphatic carbocycles. The van der Waals surface area contributed by atoms with Crippen molar-refractivity contribution in [2.24, 2.45) is 10.9 Å². The van der Waals surface area contributed by atoms with E-state index < -0.39 is 0 Å². The number of thiazole rings is 1. The monoisotopic (exact) mass is 183 g/mol. The predicted molar refractivity (Wildman–Crippen MR) is 52.6 cm³/mol. The summed E-state index contributed by atoms with van der Waals surface area (Å²) in [4.78, 5) is 5.28. The highest BCUT2D eigenvalue weighted by Gasteiger charge is 2.17. The summed E-state index contributed by atoms with van der Waals surface area (Å²) in [6, 6.07) is 0. The first-order valence-electron chi connectivity index (χ1n) is 3.73. The molecule has 0 bridgehead atoms. The molecule has 0 fully saturated rings. The average molecular weight is 183 g/mol. The number of hydrogen-bond donors (Lipinski definition) is 1. The average Bonchev–Trinajstić information content (AvgIpc) is 2.35. The van der Waals surface area contributed by atoms with Gasteiger partial charge in [0.2, 0.25) is 0 Å². The van der Waals surface area contributed by atoms with Crippen LogP contribution in [-0.4, -0.2) is 11.2 Å². The first-order chi connectivity index (χ1) is 5.54. The Kier molecular flexibility index (Phi) is 2.47. The molecule has 1 rings (SSSR count). The van der Waals surface area contributed by atoms with Crippen LogP contribution in [0, 0.1) is 0 Å². The Labute approximate surface area is 76.3 Å². The van der Waals surface area contributed by atoms with Crippen molar-refractivity contribution >= 4 is 17.6 Å². The number of rotatable bonds is 1. The normalized spacial score (nSPS) is 12.6. The van der Waals surface area contributed by atoms with Gasteiger partial charge in [-0.25, -0.2) is 4.98 Å². The Hall–Kier alpha value is -0.900. The molecule has 66 valence electrons. The van der Waals surface area contributed by atoms with Gasteiger partial charge in [0, 0.05) is 11.6 Å². The van der Waals surface area contributed by atoms with Crippen LogP contribution >= 0.6 is 11.3 Å². The van der Waals surface area contributed by atoms with Crippen molar-refractivity contribution in [3.05, 3.63) is 16.1 Å². The minimum Gasteiger partial charge on any atom is -0.323 e. The van der Waals surface area contributed by atoms with Crippen LogP contribution in [0.4, 0.5) is 0 Å². The fourth-order valence-electron chi connectivity index (χ4n) is 0.766. The van der Waals surface area contributed by atoms with E-state index in [9.17, 15) is 0 Å². The van der Waals surface area contributed by atoms with Crippen molar-refractivity contribution in [3.63, 3.8) is 0 Å². The maximum absolute atomic E-state index is 5.03. The number of nitrogens with two attached hydrogens (primary N) is 1. The largest absolute Gasteiger partial charge is 0.323 e.